The summed E-state index contributed by atoms with van der Waals surface area (Å²) in [6.07, 6.45) is 1.29. The van der Waals surface area contributed by atoms with Gasteiger partial charge in [0.15, 0.2) is 0 Å². The lowest BCUT2D eigenvalue weighted by molar-refractivity contribution is -0.125. The topological polar surface area (TPSA) is 74.3 Å². The van der Waals surface area contributed by atoms with Crippen molar-refractivity contribution in [3.05, 3.63) is 29.3 Å². The summed E-state index contributed by atoms with van der Waals surface area (Å²) >= 11 is 1.65. The molecule has 2 N–H and O–H groups in total. The average Bonchev–Trinajstić information content (AvgIpc) is 3.11. The molecule has 1 aromatic carbocycles. The SMILES string of the molecule is C[C@@H](c1ccc2scnc2c1)N1CCC2(CC1)NC(=O)NC2=O. The molecule has 1 spiro atoms. The largest absolute Gasteiger partial charge is 0.323 e. The second kappa shape index (κ2) is 5.28. The third-order valence-corrected chi connectivity index (χ3v) is 5.86. The van der Waals surface area contributed by atoms with Crippen LogP contribution in [0.15, 0.2) is 23.7 Å². The van der Waals surface area contributed by atoms with Crippen molar-refractivity contribution in [1.82, 2.24) is 20.5 Å². The number of likely N-dealkylation sites (tertiary alicyclic amines) is 1. The number of rotatable bonds is 2. The summed E-state index contributed by atoms with van der Waals surface area (Å²) < 4.78 is 1.20. The minimum atomic E-state index is -0.702. The van der Waals surface area contributed by atoms with Crippen molar-refractivity contribution >= 4 is 33.5 Å². The minimum absolute atomic E-state index is 0.182. The first kappa shape index (κ1) is 14.6. The second-order valence-corrected chi connectivity index (χ2v) is 7.17. The van der Waals surface area contributed by atoms with Crippen molar-refractivity contribution in [2.75, 3.05) is 13.1 Å². The average molecular weight is 330 g/mol. The molecule has 4 rings (SSSR count). The smallest absolute Gasteiger partial charge is 0.322 e. The van der Waals surface area contributed by atoms with Gasteiger partial charge in [-0.15, -0.1) is 11.3 Å². The molecule has 0 radical (unpaired) electrons. The number of nitrogens with zero attached hydrogens (tertiary/aromatic N) is 2. The molecule has 3 heterocycles. The number of thiazole rings is 1. The van der Waals surface area contributed by atoms with Crippen LogP contribution in [0.4, 0.5) is 4.79 Å². The van der Waals surface area contributed by atoms with E-state index in [2.05, 4.69) is 45.6 Å². The van der Waals surface area contributed by atoms with Crippen LogP contribution >= 0.6 is 11.3 Å². The van der Waals surface area contributed by atoms with Gasteiger partial charge in [-0.2, -0.15) is 0 Å². The molecule has 0 bridgehead atoms. The standard InChI is InChI=1S/C16H18N4O2S/c1-10(11-2-3-13-12(8-11)17-9-23-13)20-6-4-16(5-7-20)14(21)18-15(22)19-16/h2-3,8-10H,4-7H2,1H3,(H2,18,19,21,22)/t10-/m0/s1. The van der Waals surface area contributed by atoms with Gasteiger partial charge in [0.25, 0.3) is 5.91 Å². The summed E-state index contributed by atoms with van der Waals surface area (Å²) in [5.74, 6) is -0.182. The van der Waals surface area contributed by atoms with Crippen molar-refractivity contribution in [3.63, 3.8) is 0 Å². The van der Waals surface area contributed by atoms with Gasteiger partial charge in [-0.05, 0) is 37.5 Å². The van der Waals surface area contributed by atoms with Gasteiger partial charge in [0.2, 0.25) is 0 Å². The first-order chi connectivity index (χ1) is 11.1. The van der Waals surface area contributed by atoms with Gasteiger partial charge in [0.05, 0.1) is 15.7 Å². The monoisotopic (exact) mass is 330 g/mol. The normalized spacial score (nSPS) is 22.3. The fourth-order valence-electron chi connectivity index (χ4n) is 3.52. The summed E-state index contributed by atoms with van der Waals surface area (Å²) in [5.41, 5.74) is 3.44. The Bertz CT molecular complexity index is 779. The Morgan fingerprint density at radius 3 is 2.78 bits per heavy atom. The first-order valence-electron chi connectivity index (χ1n) is 7.78. The molecule has 2 aliphatic rings. The van der Waals surface area contributed by atoms with E-state index in [1.165, 1.54) is 10.3 Å². The second-order valence-electron chi connectivity index (χ2n) is 6.28. The van der Waals surface area contributed by atoms with Gasteiger partial charge in [-0.1, -0.05) is 6.07 Å². The summed E-state index contributed by atoms with van der Waals surface area (Å²) in [7, 11) is 0. The van der Waals surface area contributed by atoms with Crippen LogP contribution in [0, 0.1) is 0 Å². The van der Waals surface area contributed by atoms with Gasteiger partial charge in [0.1, 0.15) is 5.54 Å². The molecule has 0 saturated carbocycles. The molecule has 6 nitrogen and oxygen atoms in total. The van der Waals surface area contributed by atoms with Gasteiger partial charge in [-0.3, -0.25) is 15.0 Å². The molecular weight excluding hydrogens is 312 g/mol. The number of piperidine rings is 1. The van der Waals surface area contributed by atoms with E-state index in [1.54, 1.807) is 11.3 Å². The van der Waals surface area contributed by atoms with Crippen LogP contribution in [-0.2, 0) is 4.79 Å². The van der Waals surface area contributed by atoms with Crippen LogP contribution in [0.1, 0.15) is 31.4 Å². The molecule has 0 aliphatic carbocycles. The lowest BCUT2D eigenvalue weighted by atomic mass is 9.86. The Morgan fingerprint density at radius 2 is 2.09 bits per heavy atom. The lowest BCUT2D eigenvalue weighted by Crippen LogP contribution is -2.55. The zero-order valence-corrected chi connectivity index (χ0v) is 13.7. The summed E-state index contributed by atoms with van der Waals surface area (Å²) in [5, 5.41) is 5.16. The molecule has 2 saturated heterocycles. The van der Waals surface area contributed by atoms with Crippen LogP contribution in [-0.4, -0.2) is 40.5 Å². The number of fused-ring (bicyclic) bond motifs is 1. The van der Waals surface area contributed by atoms with E-state index in [1.807, 2.05) is 5.51 Å². The summed E-state index contributed by atoms with van der Waals surface area (Å²) in [6.45, 7) is 3.74. The van der Waals surface area contributed by atoms with Crippen LogP contribution in [0.5, 0.6) is 0 Å². The van der Waals surface area contributed by atoms with Crippen molar-refractivity contribution in [2.24, 2.45) is 0 Å². The Hall–Kier alpha value is -1.99. The predicted octanol–water partition coefficient (Wildman–Crippen LogP) is 2.03. The number of urea groups is 1. The number of carbonyl (C=O) groups excluding carboxylic acids is 2. The van der Waals surface area contributed by atoms with E-state index in [-0.39, 0.29) is 18.0 Å². The van der Waals surface area contributed by atoms with Gasteiger partial charge < -0.3 is 5.32 Å². The number of benzene rings is 1. The Balaban J connectivity index is 1.49. The van der Waals surface area contributed by atoms with Crippen LogP contribution in [0.3, 0.4) is 0 Å². The zero-order valence-electron chi connectivity index (χ0n) is 12.8. The Morgan fingerprint density at radius 1 is 1.30 bits per heavy atom. The van der Waals surface area contributed by atoms with Gasteiger partial charge in [-0.25, -0.2) is 9.78 Å². The van der Waals surface area contributed by atoms with E-state index >= 15 is 0 Å². The van der Waals surface area contributed by atoms with Gasteiger partial charge in [0, 0.05) is 19.1 Å². The van der Waals surface area contributed by atoms with E-state index in [9.17, 15) is 9.59 Å². The van der Waals surface area contributed by atoms with E-state index in [0.29, 0.717) is 12.8 Å². The maximum absolute atomic E-state index is 12.0. The molecule has 3 amide bonds. The highest BCUT2D eigenvalue weighted by Gasteiger charge is 2.48. The highest BCUT2D eigenvalue weighted by atomic mass is 32.1. The first-order valence-corrected chi connectivity index (χ1v) is 8.66. The molecule has 2 aromatic rings. The van der Waals surface area contributed by atoms with E-state index in [4.69, 9.17) is 0 Å². The number of hydrogen-bond donors (Lipinski definition) is 2. The fourth-order valence-corrected chi connectivity index (χ4v) is 4.18. The Labute approximate surface area is 137 Å². The quantitative estimate of drug-likeness (QED) is 0.826. The van der Waals surface area contributed by atoms with E-state index < -0.39 is 5.54 Å². The number of carbonyl (C=O) groups is 2. The lowest BCUT2D eigenvalue weighted by Gasteiger charge is -2.40. The number of imide groups is 1. The van der Waals surface area contributed by atoms with Crippen LogP contribution in [0.2, 0.25) is 0 Å². The molecule has 2 aliphatic heterocycles. The predicted molar refractivity (Wildman–Crippen MR) is 88.2 cm³/mol. The van der Waals surface area contributed by atoms with Crippen LogP contribution < -0.4 is 10.6 Å². The molecule has 0 unspecified atom stereocenters. The fraction of sp³-hybridized carbons (Fsp3) is 0.438. The molecule has 7 heteroatoms. The number of nitrogens with one attached hydrogen (secondary N) is 2. The third-order valence-electron chi connectivity index (χ3n) is 5.05. The van der Waals surface area contributed by atoms with E-state index in [0.717, 1.165) is 18.6 Å². The minimum Gasteiger partial charge on any atom is -0.323 e. The highest BCUT2D eigenvalue weighted by molar-refractivity contribution is 7.16. The molecule has 23 heavy (non-hydrogen) atoms. The Kier molecular flexibility index (Phi) is 3.35. The molecule has 1 aromatic heterocycles. The molecule has 2 fully saturated rings. The highest BCUT2D eigenvalue weighted by Crippen LogP contribution is 2.32. The number of aromatic nitrogens is 1. The van der Waals surface area contributed by atoms with Crippen molar-refractivity contribution < 1.29 is 9.59 Å². The molecular formula is C16H18N4O2S. The zero-order chi connectivity index (χ0) is 16.0. The van der Waals surface area contributed by atoms with Gasteiger partial charge >= 0.3 is 6.03 Å². The third kappa shape index (κ3) is 2.40. The number of hydrogen-bond acceptors (Lipinski definition) is 5. The summed E-state index contributed by atoms with van der Waals surface area (Å²) in [4.78, 5) is 30.1. The maximum atomic E-state index is 12.0. The maximum Gasteiger partial charge on any atom is 0.322 e. The van der Waals surface area contributed by atoms with Crippen LogP contribution in [0.25, 0.3) is 10.2 Å². The summed E-state index contributed by atoms with van der Waals surface area (Å²) in [6, 6.07) is 6.31. The van der Waals surface area contributed by atoms with Crippen molar-refractivity contribution in [1.29, 1.82) is 0 Å². The number of amides is 3. The molecule has 120 valence electrons. The van der Waals surface area contributed by atoms with Crippen molar-refractivity contribution in [3.8, 4) is 0 Å². The molecule has 1 atom stereocenters. The van der Waals surface area contributed by atoms with Crippen molar-refractivity contribution in [2.45, 2.75) is 31.3 Å².